The van der Waals surface area contributed by atoms with E-state index >= 15 is 0 Å². The van der Waals surface area contributed by atoms with E-state index in [0.29, 0.717) is 18.6 Å². The van der Waals surface area contributed by atoms with Crippen molar-refractivity contribution in [3.8, 4) is 0 Å². The van der Waals surface area contributed by atoms with E-state index in [0.717, 1.165) is 31.5 Å². The second-order valence-corrected chi connectivity index (χ2v) is 5.37. The Hall–Kier alpha value is -1.19. The summed E-state index contributed by atoms with van der Waals surface area (Å²) in [4.78, 5) is 12.0. The highest BCUT2D eigenvalue weighted by molar-refractivity contribution is 5.81. The molecule has 0 aliphatic carbocycles. The molecule has 0 saturated carbocycles. The molecule has 3 heteroatoms. The summed E-state index contributed by atoms with van der Waals surface area (Å²) in [6, 6.07) is 10.1. The molecule has 18 heavy (non-hydrogen) atoms. The number of ether oxygens (including phenoxy) is 1. The lowest BCUT2D eigenvalue weighted by molar-refractivity contribution is -0.163. The Morgan fingerprint density at radius 1 is 1.17 bits per heavy atom. The van der Waals surface area contributed by atoms with E-state index < -0.39 is 0 Å². The number of hydrogen-bond acceptors (Lipinski definition) is 3. The highest BCUT2D eigenvalue weighted by atomic mass is 16.5. The fourth-order valence-corrected chi connectivity index (χ4v) is 3.05. The van der Waals surface area contributed by atoms with E-state index in [1.807, 2.05) is 18.2 Å². The summed E-state index contributed by atoms with van der Waals surface area (Å²) in [5, 5.41) is 3.33. The molecule has 1 spiro atoms. The van der Waals surface area contributed by atoms with Gasteiger partial charge in [-0.1, -0.05) is 30.3 Å². The fraction of sp³-hybridized carbons (Fsp3) is 0.533. The van der Waals surface area contributed by atoms with E-state index in [1.165, 1.54) is 0 Å². The van der Waals surface area contributed by atoms with E-state index in [2.05, 4.69) is 17.4 Å². The molecule has 1 N–H and O–H groups in total. The minimum Gasteiger partial charge on any atom is -0.366 e. The summed E-state index contributed by atoms with van der Waals surface area (Å²) < 4.78 is 6.31. The van der Waals surface area contributed by atoms with E-state index in [-0.39, 0.29) is 11.7 Å². The smallest absolute Gasteiger partial charge is 0.138 e. The van der Waals surface area contributed by atoms with Gasteiger partial charge in [-0.15, -0.1) is 0 Å². The molecule has 2 aliphatic heterocycles. The summed E-state index contributed by atoms with van der Waals surface area (Å²) in [6.45, 7) is 1.91. The van der Waals surface area contributed by atoms with Crippen molar-refractivity contribution in [3.05, 3.63) is 35.9 Å². The van der Waals surface area contributed by atoms with Crippen molar-refractivity contribution in [2.75, 3.05) is 13.1 Å². The van der Waals surface area contributed by atoms with Crippen LogP contribution in [0.15, 0.2) is 30.3 Å². The number of hydrogen-bond donors (Lipinski definition) is 1. The van der Waals surface area contributed by atoms with Crippen LogP contribution in [0.3, 0.4) is 0 Å². The largest absolute Gasteiger partial charge is 0.366 e. The van der Waals surface area contributed by atoms with Crippen molar-refractivity contribution >= 4 is 5.78 Å². The molecule has 2 aliphatic rings. The molecule has 96 valence electrons. The SMILES string of the molecule is O=C1CC(c2ccccc2)OC2(CCNCC2)C1. The van der Waals surface area contributed by atoms with Crippen LogP contribution in [0, 0.1) is 0 Å². The quantitative estimate of drug-likeness (QED) is 0.824. The Morgan fingerprint density at radius 3 is 2.61 bits per heavy atom. The third-order valence-corrected chi connectivity index (χ3v) is 4.01. The van der Waals surface area contributed by atoms with Crippen LogP contribution in [0.2, 0.25) is 0 Å². The van der Waals surface area contributed by atoms with Gasteiger partial charge in [-0.05, 0) is 31.5 Å². The third-order valence-electron chi connectivity index (χ3n) is 4.01. The summed E-state index contributed by atoms with van der Waals surface area (Å²) in [5.41, 5.74) is 0.921. The van der Waals surface area contributed by atoms with Gasteiger partial charge < -0.3 is 10.1 Å². The van der Waals surface area contributed by atoms with Crippen LogP contribution in [-0.2, 0) is 9.53 Å². The van der Waals surface area contributed by atoms with Crippen molar-refractivity contribution in [1.82, 2.24) is 5.32 Å². The minimum absolute atomic E-state index is 0.0504. The Morgan fingerprint density at radius 2 is 1.89 bits per heavy atom. The first-order valence-corrected chi connectivity index (χ1v) is 6.73. The number of Topliss-reactive ketones (excluding diaryl/α,β-unsaturated/α-hetero) is 1. The molecule has 3 nitrogen and oxygen atoms in total. The highest BCUT2D eigenvalue weighted by Crippen LogP contribution is 2.40. The normalized spacial score (nSPS) is 27.3. The predicted molar refractivity (Wildman–Crippen MR) is 69.3 cm³/mol. The van der Waals surface area contributed by atoms with Crippen molar-refractivity contribution in [2.24, 2.45) is 0 Å². The highest BCUT2D eigenvalue weighted by Gasteiger charge is 2.42. The van der Waals surface area contributed by atoms with E-state index in [9.17, 15) is 4.79 Å². The number of carbonyl (C=O) groups excluding carboxylic acids is 1. The first-order valence-electron chi connectivity index (χ1n) is 6.73. The zero-order chi connectivity index (χ0) is 12.4. The van der Waals surface area contributed by atoms with Crippen LogP contribution in [0.1, 0.15) is 37.4 Å². The van der Waals surface area contributed by atoms with E-state index in [1.54, 1.807) is 0 Å². The van der Waals surface area contributed by atoms with Gasteiger partial charge in [-0.3, -0.25) is 4.79 Å². The lowest BCUT2D eigenvalue weighted by Crippen LogP contribution is -2.48. The Kier molecular flexibility index (Phi) is 3.18. The molecule has 1 aromatic carbocycles. The third kappa shape index (κ3) is 2.33. The topological polar surface area (TPSA) is 38.3 Å². The Balaban J connectivity index is 1.82. The lowest BCUT2D eigenvalue weighted by atomic mass is 9.82. The van der Waals surface area contributed by atoms with Gasteiger partial charge in [0.05, 0.1) is 11.7 Å². The Bertz CT molecular complexity index is 423. The van der Waals surface area contributed by atoms with Gasteiger partial charge in [0.1, 0.15) is 5.78 Å². The van der Waals surface area contributed by atoms with Gasteiger partial charge >= 0.3 is 0 Å². The van der Waals surface area contributed by atoms with Crippen molar-refractivity contribution in [3.63, 3.8) is 0 Å². The monoisotopic (exact) mass is 245 g/mol. The first kappa shape index (κ1) is 11.9. The number of nitrogens with one attached hydrogen (secondary N) is 1. The molecule has 2 heterocycles. The summed E-state index contributed by atoms with van der Waals surface area (Å²) in [6.07, 6.45) is 2.96. The van der Waals surface area contributed by atoms with Gasteiger partial charge in [0.15, 0.2) is 0 Å². The number of piperidine rings is 1. The zero-order valence-electron chi connectivity index (χ0n) is 10.5. The minimum atomic E-state index is -0.207. The fourth-order valence-electron chi connectivity index (χ4n) is 3.05. The molecule has 0 amide bonds. The average Bonchev–Trinajstić information content (AvgIpc) is 2.40. The van der Waals surface area contributed by atoms with Gasteiger partial charge in [-0.25, -0.2) is 0 Å². The average molecular weight is 245 g/mol. The van der Waals surface area contributed by atoms with Crippen molar-refractivity contribution in [2.45, 2.75) is 37.4 Å². The zero-order valence-corrected chi connectivity index (χ0v) is 10.5. The van der Waals surface area contributed by atoms with Gasteiger partial charge in [0.2, 0.25) is 0 Å². The van der Waals surface area contributed by atoms with Crippen LogP contribution in [0.5, 0.6) is 0 Å². The summed E-state index contributed by atoms with van der Waals surface area (Å²) >= 11 is 0. The second kappa shape index (κ2) is 4.82. The first-order chi connectivity index (χ1) is 8.77. The lowest BCUT2D eigenvalue weighted by Gasteiger charge is -2.43. The molecular formula is C15H19NO2. The van der Waals surface area contributed by atoms with Crippen LogP contribution in [0.4, 0.5) is 0 Å². The number of carbonyl (C=O) groups is 1. The summed E-state index contributed by atoms with van der Waals surface area (Å²) in [5.74, 6) is 0.344. The maximum Gasteiger partial charge on any atom is 0.138 e. The molecule has 0 aromatic heterocycles. The molecule has 0 radical (unpaired) electrons. The molecule has 0 bridgehead atoms. The number of benzene rings is 1. The van der Waals surface area contributed by atoms with Crippen molar-refractivity contribution in [1.29, 1.82) is 0 Å². The molecule has 1 unspecified atom stereocenters. The second-order valence-electron chi connectivity index (χ2n) is 5.37. The molecule has 1 aromatic rings. The molecule has 2 fully saturated rings. The number of rotatable bonds is 1. The number of ketones is 1. The molecule has 1 atom stereocenters. The Labute approximate surface area is 108 Å². The predicted octanol–water partition coefficient (Wildman–Crippen LogP) is 2.23. The maximum atomic E-state index is 12.0. The summed E-state index contributed by atoms with van der Waals surface area (Å²) in [7, 11) is 0. The van der Waals surface area contributed by atoms with Gasteiger partial charge in [-0.2, -0.15) is 0 Å². The standard InChI is InChI=1S/C15H19NO2/c17-13-10-14(12-4-2-1-3-5-12)18-15(11-13)6-8-16-9-7-15/h1-5,14,16H,6-11H2. The van der Waals surface area contributed by atoms with Gasteiger partial charge in [0.25, 0.3) is 0 Å². The molecular weight excluding hydrogens is 226 g/mol. The van der Waals surface area contributed by atoms with Crippen LogP contribution in [0.25, 0.3) is 0 Å². The molecule has 3 rings (SSSR count). The van der Waals surface area contributed by atoms with Crippen LogP contribution in [-0.4, -0.2) is 24.5 Å². The maximum absolute atomic E-state index is 12.0. The van der Waals surface area contributed by atoms with Crippen LogP contribution >= 0.6 is 0 Å². The van der Waals surface area contributed by atoms with Crippen LogP contribution < -0.4 is 5.32 Å². The molecule has 2 saturated heterocycles. The van der Waals surface area contributed by atoms with Crippen molar-refractivity contribution < 1.29 is 9.53 Å². The van der Waals surface area contributed by atoms with E-state index in [4.69, 9.17) is 4.74 Å². The van der Waals surface area contributed by atoms with Gasteiger partial charge in [0, 0.05) is 12.8 Å².